The van der Waals surface area contributed by atoms with Crippen molar-refractivity contribution in [2.24, 2.45) is 0 Å². The van der Waals surface area contributed by atoms with Crippen LogP contribution in [0.15, 0.2) is 18.3 Å². The SMILES string of the molecule is Nc1ncccc1CN1CCCC1CO. The van der Waals surface area contributed by atoms with E-state index in [0.29, 0.717) is 11.9 Å². The Morgan fingerprint density at radius 3 is 3.20 bits per heavy atom. The van der Waals surface area contributed by atoms with Crippen LogP contribution in [-0.2, 0) is 6.54 Å². The quantitative estimate of drug-likeness (QED) is 0.762. The number of hydrogen-bond acceptors (Lipinski definition) is 4. The largest absolute Gasteiger partial charge is 0.395 e. The molecule has 1 aliphatic rings. The maximum absolute atomic E-state index is 9.20. The van der Waals surface area contributed by atoms with Crippen LogP contribution >= 0.6 is 0 Å². The van der Waals surface area contributed by atoms with Gasteiger partial charge in [-0.05, 0) is 25.5 Å². The molecule has 0 aliphatic carbocycles. The van der Waals surface area contributed by atoms with Crippen LogP contribution in [0.25, 0.3) is 0 Å². The zero-order chi connectivity index (χ0) is 10.7. The summed E-state index contributed by atoms with van der Waals surface area (Å²) < 4.78 is 0. The van der Waals surface area contributed by atoms with Gasteiger partial charge >= 0.3 is 0 Å². The molecule has 2 heterocycles. The molecule has 1 aromatic rings. The molecule has 0 aromatic carbocycles. The fraction of sp³-hybridized carbons (Fsp3) is 0.545. The number of nitrogen functional groups attached to an aromatic ring is 1. The summed E-state index contributed by atoms with van der Waals surface area (Å²) in [6.45, 7) is 2.07. The van der Waals surface area contributed by atoms with Crippen molar-refractivity contribution in [3.05, 3.63) is 23.9 Å². The molecule has 15 heavy (non-hydrogen) atoms. The first kappa shape index (κ1) is 10.4. The van der Waals surface area contributed by atoms with Gasteiger partial charge in [-0.3, -0.25) is 4.90 Å². The van der Waals surface area contributed by atoms with E-state index in [9.17, 15) is 5.11 Å². The molecule has 0 amide bonds. The lowest BCUT2D eigenvalue weighted by atomic mass is 10.2. The number of rotatable bonds is 3. The summed E-state index contributed by atoms with van der Waals surface area (Å²) in [4.78, 5) is 6.33. The fourth-order valence-corrected chi connectivity index (χ4v) is 2.11. The lowest BCUT2D eigenvalue weighted by Gasteiger charge is -2.22. The van der Waals surface area contributed by atoms with E-state index in [1.165, 1.54) is 0 Å². The van der Waals surface area contributed by atoms with Gasteiger partial charge in [0, 0.05) is 24.3 Å². The van der Waals surface area contributed by atoms with Crippen molar-refractivity contribution in [1.29, 1.82) is 0 Å². The molecule has 0 bridgehead atoms. The molecule has 1 fully saturated rings. The predicted molar refractivity (Wildman–Crippen MR) is 59.2 cm³/mol. The lowest BCUT2D eigenvalue weighted by Crippen LogP contribution is -2.31. The second-order valence-corrected chi connectivity index (χ2v) is 4.00. The first-order valence-corrected chi connectivity index (χ1v) is 5.35. The van der Waals surface area contributed by atoms with Gasteiger partial charge in [0.05, 0.1) is 6.61 Å². The minimum absolute atomic E-state index is 0.236. The molecule has 3 N–H and O–H groups in total. The second kappa shape index (κ2) is 4.59. The highest BCUT2D eigenvalue weighted by Crippen LogP contribution is 2.20. The van der Waals surface area contributed by atoms with Gasteiger partial charge in [0.15, 0.2) is 0 Å². The van der Waals surface area contributed by atoms with E-state index in [-0.39, 0.29) is 6.61 Å². The van der Waals surface area contributed by atoms with Crippen molar-refractivity contribution >= 4 is 5.82 Å². The van der Waals surface area contributed by atoms with Gasteiger partial charge in [0.2, 0.25) is 0 Å². The third-order valence-corrected chi connectivity index (χ3v) is 3.01. The Bertz CT molecular complexity index is 329. The van der Waals surface area contributed by atoms with Crippen LogP contribution in [0.3, 0.4) is 0 Å². The number of aromatic nitrogens is 1. The fourth-order valence-electron chi connectivity index (χ4n) is 2.11. The third-order valence-electron chi connectivity index (χ3n) is 3.01. The zero-order valence-electron chi connectivity index (χ0n) is 8.76. The molecule has 0 saturated carbocycles. The van der Waals surface area contributed by atoms with Gasteiger partial charge in [-0.15, -0.1) is 0 Å². The van der Waals surface area contributed by atoms with E-state index in [4.69, 9.17) is 5.73 Å². The number of likely N-dealkylation sites (tertiary alicyclic amines) is 1. The molecule has 1 aliphatic heterocycles. The molecule has 4 nitrogen and oxygen atoms in total. The summed E-state index contributed by atoms with van der Waals surface area (Å²) in [5.41, 5.74) is 6.84. The van der Waals surface area contributed by atoms with Crippen LogP contribution in [0.1, 0.15) is 18.4 Å². The Kier molecular flexibility index (Phi) is 3.18. The highest BCUT2D eigenvalue weighted by atomic mass is 16.3. The van der Waals surface area contributed by atoms with E-state index < -0.39 is 0 Å². The summed E-state index contributed by atoms with van der Waals surface area (Å²) in [5, 5.41) is 9.20. The van der Waals surface area contributed by atoms with Crippen LogP contribution in [0.2, 0.25) is 0 Å². The van der Waals surface area contributed by atoms with Crippen LogP contribution in [0, 0.1) is 0 Å². The second-order valence-electron chi connectivity index (χ2n) is 4.00. The standard InChI is InChI=1S/C11H17N3O/c12-11-9(3-1-5-13-11)7-14-6-2-4-10(14)8-15/h1,3,5,10,15H,2,4,6-8H2,(H2,12,13). The first-order valence-electron chi connectivity index (χ1n) is 5.35. The van der Waals surface area contributed by atoms with Crippen molar-refractivity contribution < 1.29 is 5.11 Å². The molecule has 4 heteroatoms. The first-order chi connectivity index (χ1) is 7.31. The maximum atomic E-state index is 9.20. The minimum atomic E-state index is 0.236. The number of nitrogens with two attached hydrogens (primary N) is 1. The molecule has 0 spiro atoms. The van der Waals surface area contributed by atoms with E-state index in [1.54, 1.807) is 6.20 Å². The smallest absolute Gasteiger partial charge is 0.127 e. The van der Waals surface area contributed by atoms with Crippen LogP contribution in [0.4, 0.5) is 5.82 Å². The number of anilines is 1. The van der Waals surface area contributed by atoms with Gasteiger partial charge in [-0.2, -0.15) is 0 Å². The molecule has 2 rings (SSSR count). The molecule has 1 unspecified atom stereocenters. The highest BCUT2D eigenvalue weighted by Gasteiger charge is 2.23. The topological polar surface area (TPSA) is 62.4 Å². The molecule has 1 saturated heterocycles. The van der Waals surface area contributed by atoms with Crippen molar-refractivity contribution in [1.82, 2.24) is 9.88 Å². The van der Waals surface area contributed by atoms with E-state index in [2.05, 4.69) is 9.88 Å². The number of pyridine rings is 1. The predicted octanol–water partition coefficient (Wildman–Crippen LogP) is 0.620. The van der Waals surface area contributed by atoms with E-state index in [0.717, 1.165) is 31.5 Å². The molecular weight excluding hydrogens is 190 g/mol. The average Bonchev–Trinajstić information content (AvgIpc) is 2.69. The van der Waals surface area contributed by atoms with E-state index >= 15 is 0 Å². The van der Waals surface area contributed by atoms with Crippen LogP contribution in [0.5, 0.6) is 0 Å². The van der Waals surface area contributed by atoms with E-state index in [1.807, 2.05) is 12.1 Å². The van der Waals surface area contributed by atoms with Crippen LogP contribution in [-0.4, -0.2) is 34.2 Å². The Balaban J connectivity index is 2.05. The summed E-state index contributed by atoms with van der Waals surface area (Å²) in [6, 6.07) is 4.19. The maximum Gasteiger partial charge on any atom is 0.127 e. The molecular formula is C11H17N3O. The lowest BCUT2D eigenvalue weighted by molar-refractivity contribution is 0.153. The number of aliphatic hydroxyl groups excluding tert-OH is 1. The monoisotopic (exact) mass is 207 g/mol. The molecule has 0 radical (unpaired) electrons. The Morgan fingerprint density at radius 2 is 2.47 bits per heavy atom. The highest BCUT2D eigenvalue weighted by molar-refractivity contribution is 5.38. The average molecular weight is 207 g/mol. The minimum Gasteiger partial charge on any atom is -0.395 e. The summed E-state index contributed by atoms with van der Waals surface area (Å²) >= 11 is 0. The van der Waals surface area contributed by atoms with Crippen molar-refractivity contribution in [2.45, 2.75) is 25.4 Å². The van der Waals surface area contributed by atoms with Gasteiger partial charge in [0.1, 0.15) is 5.82 Å². The van der Waals surface area contributed by atoms with Gasteiger partial charge in [0.25, 0.3) is 0 Å². The number of nitrogens with zero attached hydrogens (tertiary/aromatic N) is 2. The normalized spacial score (nSPS) is 22.1. The number of hydrogen-bond donors (Lipinski definition) is 2. The Hall–Kier alpha value is -1.13. The molecule has 82 valence electrons. The van der Waals surface area contributed by atoms with Gasteiger partial charge in [-0.1, -0.05) is 6.07 Å². The Labute approximate surface area is 89.7 Å². The number of aliphatic hydroxyl groups is 1. The zero-order valence-corrected chi connectivity index (χ0v) is 8.76. The van der Waals surface area contributed by atoms with Gasteiger partial charge < -0.3 is 10.8 Å². The molecule has 1 atom stereocenters. The summed E-state index contributed by atoms with van der Waals surface area (Å²) in [7, 11) is 0. The van der Waals surface area contributed by atoms with Gasteiger partial charge in [-0.25, -0.2) is 4.98 Å². The van der Waals surface area contributed by atoms with Crippen molar-refractivity contribution in [3.8, 4) is 0 Å². The van der Waals surface area contributed by atoms with Crippen molar-refractivity contribution in [3.63, 3.8) is 0 Å². The Morgan fingerprint density at radius 1 is 1.60 bits per heavy atom. The van der Waals surface area contributed by atoms with Crippen LogP contribution < -0.4 is 5.73 Å². The third kappa shape index (κ3) is 2.27. The molecule has 1 aromatic heterocycles. The van der Waals surface area contributed by atoms with Crippen molar-refractivity contribution in [2.75, 3.05) is 18.9 Å². The summed E-state index contributed by atoms with van der Waals surface area (Å²) in [6.07, 6.45) is 3.94. The summed E-state index contributed by atoms with van der Waals surface area (Å²) in [5.74, 6) is 0.598.